The Morgan fingerprint density at radius 1 is 1.00 bits per heavy atom. The minimum absolute atomic E-state index is 0.0521. The molecule has 0 aliphatic carbocycles. The van der Waals surface area contributed by atoms with E-state index < -0.39 is 6.04 Å². The number of aromatic nitrogens is 2. The first-order chi connectivity index (χ1) is 13.5. The second-order valence-electron chi connectivity index (χ2n) is 6.96. The normalized spacial score (nSPS) is 20.7. The van der Waals surface area contributed by atoms with Crippen molar-refractivity contribution in [2.75, 3.05) is 36.0 Å². The zero-order valence-electron chi connectivity index (χ0n) is 15.6. The van der Waals surface area contributed by atoms with Crippen LogP contribution < -0.4 is 9.80 Å². The minimum atomic E-state index is -0.446. The van der Waals surface area contributed by atoms with Gasteiger partial charge in [0.25, 0.3) is 5.91 Å². The number of rotatable bonds is 4. The first-order valence-electron chi connectivity index (χ1n) is 9.28. The number of carbonyl (C=O) groups excluding carboxylic acids is 3. The molecule has 2 saturated heterocycles. The SMILES string of the molecule is CC(=O)c1ccc(N2C(=O)CC(N3CCN(c4ncccn4)CC3)C2=O)cc1. The number of Topliss-reactive ketones (excluding diaryl/α,β-unsaturated/α-hetero) is 1. The van der Waals surface area contributed by atoms with E-state index in [1.165, 1.54) is 11.8 Å². The first-order valence-corrected chi connectivity index (χ1v) is 9.28. The van der Waals surface area contributed by atoms with Gasteiger partial charge in [-0.15, -0.1) is 0 Å². The van der Waals surface area contributed by atoms with Gasteiger partial charge in [0.05, 0.1) is 18.2 Å². The number of piperazine rings is 1. The molecule has 0 saturated carbocycles. The molecule has 2 aliphatic heterocycles. The van der Waals surface area contributed by atoms with Crippen molar-refractivity contribution >= 4 is 29.2 Å². The van der Waals surface area contributed by atoms with Crippen LogP contribution in [0.1, 0.15) is 23.7 Å². The van der Waals surface area contributed by atoms with Crippen LogP contribution in [-0.4, -0.2) is 64.7 Å². The average molecular weight is 379 g/mol. The monoisotopic (exact) mass is 379 g/mol. The molecule has 3 heterocycles. The second kappa shape index (κ2) is 7.47. The van der Waals surface area contributed by atoms with E-state index in [0.29, 0.717) is 43.4 Å². The summed E-state index contributed by atoms with van der Waals surface area (Å²) < 4.78 is 0. The zero-order valence-corrected chi connectivity index (χ0v) is 15.6. The van der Waals surface area contributed by atoms with Gasteiger partial charge in [-0.25, -0.2) is 14.9 Å². The molecule has 2 aliphatic rings. The minimum Gasteiger partial charge on any atom is -0.338 e. The Labute approximate surface area is 162 Å². The average Bonchev–Trinajstić information content (AvgIpc) is 3.03. The number of anilines is 2. The summed E-state index contributed by atoms with van der Waals surface area (Å²) in [5.41, 5.74) is 1.07. The van der Waals surface area contributed by atoms with Crippen LogP contribution in [0.2, 0.25) is 0 Å². The fraction of sp³-hybridized carbons (Fsp3) is 0.350. The Bertz CT molecular complexity index is 892. The third kappa shape index (κ3) is 3.38. The van der Waals surface area contributed by atoms with E-state index in [2.05, 4.69) is 19.8 Å². The highest BCUT2D eigenvalue weighted by Gasteiger charge is 2.43. The molecular weight excluding hydrogens is 358 g/mol. The van der Waals surface area contributed by atoms with Gasteiger partial charge in [0.1, 0.15) is 0 Å². The fourth-order valence-corrected chi connectivity index (χ4v) is 3.71. The largest absolute Gasteiger partial charge is 0.338 e. The third-order valence-corrected chi connectivity index (χ3v) is 5.24. The zero-order chi connectivity index (χ0) is 19.7. The molecule has 2 aromatic rings. The number of ketones is 1. The number of benzene rings is 1. The van der Waals surface area contributed by atoms with E-state index in [9.17, 15) is 14.4 Å². The van der Waals surface area contributed by atoms with Gasteiger partial charge >= 0.3 is 0 Å². The Balaban J connectivity index is 1.44. The van der Waals surface area contributed by atoms with Gasteiger partial charge in [0.2, 0.25) is 11.9 Å². The van der Waals surface area contributed by atoms with E-state index in [1.54, 1.807) is 42.7 Å². The summed E-state index contributed by atoms with van der Waals surface area (Å²) in [5.74, 6) is 0.219. The molecule has 0 radical (unpaired) electrons. The van der Waals surface area contributed by atoms with E-state index in [-0.39, 0.29) is 24.0 Å². The van der Waals surface area contributed by atoms with Crippen molar-refractivity contribution in [3.63, 3.8) is 0 Å². The molecule has 1 aromatic carbocycles. The molecule has 2 amide bonds. The smallest absolute Gasteiger partial charge is 0.251 e. The molecule has 8 nitrogen and oxygen atoms in total. The maximum atomic E-state index is 12.9. The van der Waals surface area contributed by atoms with Gasteiger partial charge in [0.15, 0.2) is 5.78 Å². The van der Waals surface area contributed by atoms with E-state index in [1.807, 2.05) is 0 Å². The van der Waals surface area contributed by atoms with Gasteiger partial charge in [-0.2, -0.15) is 0 Å². The van der Waals surface area contributed by atoms with Gasteiger partial charge in [-0.05, 0) is 37.3 Å². The van der Waals surface area contributed by atoms with Crippen LogP contribution in [-0.2, 0) is 9.59 Å². The number of amides is 2. The predicted octanol–water partition coefficient (Wildman–Crippen LogP) is 1.13. The van der Waals surface area contributed by atoms with Gasteiger partial charge in [0, 0.05) is 44.1 Å². The van der Waals surface area contributed by atoms with Crippen molar-refractivity contribution in [2.24, 2.45) is 0 Å². The maximum Gasteiger partial charge on any atom is 0.251 e. The lowest BCUT2D eigenvalue weighted by Gasteiger charge is -2.36. The number of hydrogen-bond acceptors (Lipinski definition) is 7. The quantitative estimate of drug-likeness (QED) is 0.581. The van der Waals surface area contributed by atoms with Gasteiger partial charge in [-0.1, -0.05) is 0 Å². The summed E-state index contributed by atoms with van der Waals surface area (Å²) in [4.78, 5) is 50.8. The molecule has 1 unspecified atom stereocenters. The molecule has 0 bridgehead atoms. The number of hydrogen-bond donors (Lipinski definition) is 0. The number of carbonyl (C=O) groups is 3. The second-order valence-corrected chi connectivity index (χ2v) is 6.96. The Kier molecular flexibility index (Phi) is 4.87. The lowest BCUT2D eigenvalue weighted by molar-refractivity contribution is -0.123. The predicted molar refractivity (Wildman–Crippen MR) is 103 cm³/mol. The van der Waals surface area contributed by atoms with Crippen LogP contribution in [0.3, 0.4) is 0 Å². The van der Waals surface area contributed by atoms with E-state index in [4.69, 9.17) is 0 Å². The Morgan fingerprint density at radius 2 is 1.64 bits per heavy atom. The molecule has 4 rings (SSSR count). The molecule has 28 heavy (non-hydrogen) atoms. The van der Waals surface area contributed by atoms with Crippen molar-refractivity contribution < 1.29 is 14.4 Å². The topological polar surface area (TPSA) is 86.7 Å². The highest BCUT2D eigenvalue weighted by molar-refractivity contribution is 6.22. The first kappa shape index (κ1) is 18.2. The summed E-state index contributed by atoms with van der Waals surface area (Å²) in [5, 5.41) is 0. The summed E-state index contributed by atoms with van der Waals surface area (Å²) in [6.45, 7) is 4.22. The Morgan fingerprint density at radius 3 is 2.25 bits per heavy atom. The van der Waals surface area contributed by atoms with Gasteiger partial charge in [-0.3, -0.25) is 19.3 Å². The highest BCUT2D eigenvalue weighted by Crippen LogP contribution is 2.27. The standard InChI is InChI=1S/C20H21N5O3/c1-14(26)15-3-5-16(6-4-15)25-18(27)13-17(19(25)28)23-9-11-24(12-10-23)20-21-7-2-8-22-20/h2-8,17H,9-13H2,1H3. The fourth-order valence-electron chi connectivity index (χ4n) is 3.71. The summed E-state index contributed by atoms with van der Waals surface area (Å²) in [6, 6.07) is 7.92. The lowest BCUT2D eigenvalue weighted by Crippen LogP contribution is -2.53. The van der Waals surface area contributed by atoms with Crippen molar-refractivity contribution in [3.8, 4) is 0 Å². The Hall–Kier alpha value is -3.13. The summed E-state index contributed by atoms with van der Waals surface area (Å²) in [6.07, 6.45) is 3.60. The lowest BCUT2D eigenvalue weighted by atomic mass is 10.1. The summed E-state index contributed by atoms with van der Waals surface area (Å²) in [7, 11) is 0. The molecule has 0 spiro atoms. The molecule has 1 aromatic heterocycles. The van der Waals surface area contributed by atoms with Crippen molar-refractivity contribution in [1.82, 2.24) is 14.9 Å². The van der Waals surface area contributed by atoms with Crippen LogP contribution in [0, 0.1) is 0 Å². The molecule has 144 valence electrons. The van der Waals surface area contributed by atoms with Crippen LogP contribution in [0.5, 0.6) is 0 Å². The van der Waals surface area contributed by atoms with Crippen LogP contribution in [0.25, 0.3) is 0 Å². The van der Waals surface area contributed by atoms with E-state index >= 15 is 0 Å². The van der Waals surface area contributed by atoms with Crippen LogP contribution in [0.15, 0.2) is 42.7 Å². The van der Waals surface area contributed by atoms with Crippen molar-refractivity contribution in [2.45, 2.75) is 19.4 Å². The molecular formula is C20H21N5O3. The number of nitrogens with zero attached hydrogens (tertiary/aromatic N) is 5. The molecule has 0 N–H and O–H groups in total. The third-order valence-electron chi connectivity index (χ3n) is 5.24. The van der Waals surface area contributed by atoms with Crippen molar-refractivity contribution in [1.29, 1.82) is 0 Å². The highest BCUT2D eigenvalue weighted by atomic mass is 16.2. The van der Waals surface area contributed by atoms with E-state index in [0.717, 1.165) is 0 Å². The number of imide groups is 1. The van der Waals surface area contributed by atoms with Gasteiger partial charge < -0.3 is 4.90 Å². The molecule has 1 atom stereocenters. The molecule has 2 fully saturated rings. The molecule has 8 heteroatoms. The maximum absolute atomic E-state index is 12.9. The van der Waals surface area contributed by atoms with Crippen molar-refractivity contribution in [3.05, 3.63) is 48.3 Å². The van der Waals surface area contributed by atoms with Crippen LogP contribution >= 0.6 is 0 Å². The van der Waals surface area contributed by atoms with Crippen LogP contribution in [0.4, 0.5) is 11.6 Å². The summed E-state index contributed by atoms with van der Waals surface area (Å²) >= 11 is 0.